The maximum Gasteiger partial charge on any atom is 0.295 e. The van der Waals surface area contributed by atoms with Crippen LogP contribution in [0.4, 0.5) is 0 Å². The maximum absolute atomic E-state index is 13.3. The van der Waals surface area contributed by atoms with Crippen LogP contribution in [0, 0.1) is 0 Å². The minimum Gasteiger partial charge on any atom is -0.507 e. The zero-order chi connectivity index (χ0) is 25.5. The molecule has 2 saturated heterocycles. The zero-order valence-electron chi connectivity index (χ0n) is 20.5. The first-order valence-corrected chi connectivity index (χ1v) is 12.2. The van der Waals surface area contributed by atoms with Gasteiger partial charge in [-0.3, -0.25) is 14.5 Å². The molecule has 2 aromatic carbocycles. The molecule has 2 aromatic rings. The van der Waals surface area contributed by atoms with Crippen LogP contribution in [0.3, 0.4) is 0 Å². The number of ether oxygens (including phenoxy) is 3. The quantitative estimate of drug-likeness (QED) is 0.235. The second-order valence-electron chi connectivity index (χ2n) is 8.58. The third-order valence-electron chi connectivity index (χ3n) is 6.28. The van der Waals surface area contributed by atoms with E-state index in [9.17, 15) is 14.7 Å². The van der Waals surface area contributed by atoms with Gasteiger partial charge < -0.3 is 24.2 Å². The van der Waals surface area contributed by atoms with E-state index in [2.05, 4.69) is 11.5 Å². The van der Waals surface area contributed by atoms with E-state index < -0.39 is 17.7 Å². The van der Waals surface area contributed by atoms with Gasteiger partial charge in [-0.2, -0.15) is 0 Å². The van der Waals surface area contributed by atoms with Crippen molar-refractivity contribution in [3.05, 3.63) is 77.9 Å². The molecule has 2 aliphatic rings. The van der Waals surface area contributed by atoms with Gasteiger partial charge in [-0.05, 0) is 36.8 Å². The first kappa shape index (κ1) is 25.5. The SMILES string of the molecule is C=CCOc1ccc(C2/C(=C(\O)c3cccc(OCC)c3)C(=O)C(=O)N2CCN2CCOCC2)cc1. The van der Waals surface area contributed by atoms with E-state index in [0.29, 0.717) is 62.1 Å². The lowest BCUT2D eigenvalue weighted by Gasteiger charge is -2.31. The van der Waals surface area contributed by atoms with Crippen LogP contribution in [0.1, 0.15) is 24.1 Å². The van der Waals surface area contributed by atoms with E-state index in [1.54, 1.807) is 47.4 Å². The predicted octanol–water partition coefficient (Wildman–Crippen LogP) is 3.40. The number of hydrogen-bond donors (Lipinski definition) is 1. The number of carbonyl (C=O) groups is 2. The number of hydrogen-bond acceptors (Lipinski definition) is 7. The summed E-state index contributed by atoms with van der Waals surface area (Å²) in [5.74, 6) is -0.325. The second-order valence-corrected chi connectivity index (χ2v) is 8.58. The molecule has 2 aliphatic heterocycles. The Kier molecular flexibility index (Phi) is 8.40. The van der Waals surface area contributed by atoms with Crippen LogP contribution in [-0.2, 0) is 14.3 Å². The Morgan fingerprint density at radius 1 is 1.08 bits per heavy atom. The molecule has 190 valence electrons. The van der Waals surface area contributed by atoms with Gasteiger partial charge in [-0.25, -0.2) is 0 Å². The largest absolute Gasteiger partial charge is 0.507 e. The van der Waals surface area contributed by atoms with Crippen molar-refractivity contribution in [2.45, 2.75) is 13.0 Å². The van der Waals surface area contributed by atoms with Crippen molar-refractivity contribution in [1.29, 1.82) is 0 Å². The molecule has 0 saturated carbocycles. The summed E-state index contributed by atoms with van der Waals surface area (Å²) in [6, 6.07) is 13.4. The monoisotopic (exact) mass is 492 g/mol. The van der Waals surface area contributed by atoms with Crippen molar-refractivity contribution in [2.24, 2.45) is 0 Å². The molecular weight excluding hydrogens is 460 g/mol. The Bertz CT molecular complexity index is 1120. The van der Waals surface area contributed by atoms with Crippen molar-refractivity contribution in [1.82, 2.24) is 9.80 Å². The van der Waals surface area contributed by atoms with Gasteiger partial charge in [0.25, 0.3) is 11.7 Å². The number of rotatable bonds is 10. The summed E-state index contributed by atoms with van der Waals surface area (Å²) in [6.07, 6.45) is 1.66. The standard InChI is InChI=1S/C28H32N2O6/c1-3-16-36-22-10-8-20(9-11-22)25-24(26(31)21-6-5-7-23(19-21)35-4-2)27(32)28(33)30(25)13-12-29-14-17-34-18-15-29/h3,5-11,19,25,31H,1,4,12-18H2,2H3/b26-24+. The highest BCUT2D eigenvalue weighted by atomic mass is 16.5. The molecule has 4 rings (SSSR count). The minimum absolute atomic E-state index is 0.0652. The van der Waals surface area contributed by atoms with Gasteiger partial charge in [0.2, 0.25) is 0 Å². The van der Waals surface area contributed by atoms with Crippen LogP contribution in [0.2, 0.25) is 0 Å². The van der Waals surface area contributed by atoms with Gasteiger partial charge in [0.05, 0.1) is 31.4 Å². The lowest BCUT2D eigenvalue weighted by molar-refractivity contribution is -0.140. The van der Waals surface area contributed by atoms with Gasteiger partial charge in [-0.1, -0.05) is 36.9 Å². The number of nitrogens with zero attached hydrogens (tertiary/aromatic N) is 2. The number of likely N-dealkylation sites (tertiary alicyclic amines) is 1. The summed E-state index contributed by atoms with van der Waals surface area (Å²) in [7, 11) is 0. The number of Topliss-reactive ketones (excluding diaryl/α,β-unsaturated/α-hetero) is 1. The Morgan fingerprint density at radius 3 is 2.53 bits per heavy atom. The number of aliphatic hydroxyl groups is 1. The molecule has 1 unspecified atom stereocenters. The van der Waals surface area contributed by atoms with Crippen LogP contribution in [0.5, 0.6) is 11.5 Å². The second kappa shape index (κ2) is 11.9. The summed E-state index contributed by atoms with van der Waals surface area (Å²) >= 11 is 0. The topological polar surface area (TPSA) is 88.5 Å². The van der Waals surface area contributed by atoms with Crippen LogP contribution >= 0.6 is 0 Å². The maximum atomic E-state index is 13.3. The average molecular weight is 493 g/mol. The van der Waals surface area contributed by atoms with Crippen LogP contribution < -0.4 is 9.47 Å². The third-order valence-corrected chi connectivity index (χ3v) is 6.28. The molecule has 8 nitrogen and oxygen atoms in total. The smallest absolute Gasteiger partial charge is 0.295 e. The van der Waals surface area contributed by atoms with Gasteiger partial charge in [0, 0.05) is 31.7 Å². The number of carbonyl (C=O) groups excluding carboxylic acids is 2. The average Bonchev–Trinajstić information content (AvgIpc) is 3.16. The van der Waals surface area contributed by atoms with Crippen LogP contribution in [0.25, 0.3) is 5.76 Å². The summed E-state index contributed by atoms with van der Waals surface area (Å²) in [5.41, 5.74) is 1.20. The first-order chi connectivity index (χ1) is 17.5. The number of amides is 1. The molecule has 2 heterocycles. The number of aliphatic hydroxyl groups excluding tert-OH is 1. The molecule has 0 aromatic heterocycles. The third kappa shape index (κ3) is 5.61. The van der Waals surface area contributed by atoms with E-state index in [1.807, 2.05) is 19.1 Å². The van der Waals surface area contributed by atoms with Crippen molar-refractivity contribution in [2.75, 3.05) is 52.6 Å². The highest BCUT2D eigenvalue weighted by Crippen LogP contribution is 2.40. The minimum atomic E-state index is -0.727. The van der Waals surface area contributed by atoms with E-state index in [1.165, 1.54) is 0 Å². The molecule has 1 N–H and O–H groups in total. The molecule has 0 radical (unpaired) electrons. The molecule has 8 heteroatoms. The summed E-state index contributed by atoms with van der Waals surface area (Å²) in [6.45, 7) is 10.1. The Labute approximate surface area is 211 Å². The number of ketones is 1. The number of benzene rings is 2. The first-order valence-electron chi connectivity index (χ1n) is 12.2. The van der Waals surface area contributed by atoms with Gasteiger partial charge in [0.1, 0.15) is 23.9 Å². The van der Waals surface area contributed by atoms with Gasteiger partial charge in [-0.15, -0.1) is 0 Å². The number of morpholine rings is 1. The lowest BCUT2D eigenvalue weighted by Crippen LogP contribution is -2.42. The fourth-order valence-corrected chi connectivity index (χ4v) is 4.49. The van der Waals surface area contributed by atoms with Gasteiger partial charge in [0.15, 0.2) is 0 Å². The van der Waals surface area contributed by atoms with Crippen molar-refractivity contribution in [3.8, 4) is 11.5 Å². The Morgan fingerprint density at radius 2 is 1.83 bits per heavy atom. The van der Waals surface area contributed by atoms with E-state index in [0.717, 1.165) is 13.1 Å². The summed E-state index contributed by atoms with van der Waals surface area (Å²) in [4.78, 5) is 30.2. The highest BCUT2D eigenvalue weighted by Gasteiger charge is 2.46. The molecule has 0 bridgehead atoms. The molecule has 0 spiro atoms. The molecule has 0 aliphatic carbocycles. The summed E-state index contributed by atoms with van der Waals surface area (Å²) in [5, 5.41) is 11.3. The molecular formula is C28H32N2O6. The summed E-state index contributed by atoms with van der Waals surface area (Å²) < 4.78 is 16.6. The molecule has 1 atom stereocenters. The highest BCUT2D eigenvalue weighted by molar-refractivity contribution is 6.46. The zero-order valence-corrected chi connectivity index (χ0v) is 20.5. The van der Waals surface area contributed by atoms with Crippen molar-refractivity contribution < 1.29 is 28.9 Å². The van der Waals surface area contributed by atoms with Gasteiger partial charge >= 0.3 is 0 Å². The lowest BCUT2D eigenvalue weighted by atomic mass is 9.95. The Balaban J connectivity index is 1.71. The predicted molar refractivity (Wildman–Crippen MR) is 136 cm³/mol. The molecule has 36 heavy (non-hydrogen) atoms. The van der Waals surface area contributed by atoms with E-state index in [4.69, 9.17) is 14.2 Å². The fourth-order valence-electron chi connectivity index (χ4n) is 4.49. The molecule has 2 fully saturated rings. The normalized spacial score (nSPS) is 19.9. The Hall–Kier alpha value is -3.62. The molecule has 1 amide bonds. The van der Waals surface area contributed by atoms with E-state index >= 15 is 0 Å². The van der Waals surface area contributed by atoms with Crippen molar-refractivity contribution >= 4 is 17.4 Å². The fraction of sp³-hybridized carbons (Fsp3) is 0.357. The van der Waals surface area contributed by atoms with E-state index in [-0.39, 0.29) is 11.3 Å². The van der Waals surface area contributed by atoms with Crippen LogP contribution in [-0.4, -0.2) is 79.2 Å². The van der Waals surface area contributed by atoms with Crippen LogP contribution in [0.15, 0.2) is 66.8 Å². The van der Waals surface area contributed by atoms with Crippen molar-refractivity contribution in [3.63, 3.8) is 0 Å².